The fourth-order valence-corrected chi connectivity index (χ4v) is 1.07. The van der Waals surface area contributed by atoms with Crippen molar-refractivity contribution in [2.45, 2.75) is 0 Å². The van der Waals surface area contributed by atoms with Crippen LogP contribution in [0.2, 0.25) is 0 Å². The van der Waals surface area contributed by atoms with E-state index in [0.717, 1.165) is 11.3 Å². The highest BCUT2D eigenvalue weighted by atomic mass is 32.1. The summed E-state index contributed by atoms with van der Waals surface area (Å²) in [6, 6.07) is 2.67. The van der Waals surface area contributed by atoms with Gasteiger partial charge in [0.2, 0.25) is 5.39 Å². The van der Waals surface area contributed by atoms with Gasteiger partial charge in [0.15, 0.2) is 4.98 Å². The van der Waals surface area contributed by atoms with Gasteiger partial charge in [-0.1, -0.05) is 0 Å². The number of diazo groups is 1. The van der Waals surface area contributed by atoms with E-state index in [4.69, 9.17) is 5.39 Å². The molecule has 0 aliphatic heterocycles. The predicted octanol–water partition coefficient (Wildman–Crippen LogP) is 2.14. The first-order valence-corrected chi connectivity index (χ1v) is 3.15. The molecule has 5 nitrogen and oxygen atoms in total. The van der Waals surface area contributed by atoms with Crippen LogP contribution in [-0.4, -0.2) is 4.92 Å². The van der Waals surface area contributed by atoms with Gasteiger partial charge in [-0.25, -0.2) is 0 Å². The predicted molar refractivity (Wildman–Crippen MR) is 35.7 cm³/mol. The first-order valence-electron chi connectivity index (χ1n) is 2.33. The molecule has 0 spiro atoms. The van der Waals surface area contributed by atoms with Crippen molar-refractivity contribution in [1.82, 2.24) is 0 Å². The van der Waals surface area contributed by atoms with E-state index in [-0.39, 0.29) is 10.0 Å². The molecule has 0 saturated heterocycles. The molecule has 0 bridgehead atoms. The van der Waals surface area contributed by atoms with Crippen molar-refractivity contribution in [3.63, 3.8) is 0 Å². The molecule has 0 aliphatic rings. The third-order valence-electron chi connectivity index (χ3n) is 0.856. The molecule has 6 heteroatoms. The SMILES string of the molecule is N#[N+]c1ccc([N+](=O)[O-])s1. The zero-order chi connectivity index (χ0) is 7.56. The third kappa shape index (κ3) is 1.09. The monoisotopic (exact) mass is 156 g/mol. The smallest absolute Gasteiger partial charge is 0.258 e. The third-order valence-corrected chi connectivity index (χ3v) is 1.78. The van der Waals surface area contributed by atoms with E-state index < -0.39 is 4.92 Å². The lowest BCUT2D eigenvalue weighted by atomic mass is 10.6. The Morgan fingerprint density at radius 2 is 2.40 bits per heavy atom. The van der Waals surface area contributed by atoms with Crippen LogP contribution in [-0.2, 0) is 0 Å². The molecule has 0 saturated carbocycles. The van der Waals surface area contributed by atoms with E-state index in [9.17, 15) is 10.1 Å². The van der Waals surface area contributed by atoms with Crippen LogP contribution in [0.4, 0.5) is 10.0 Å². The maximum absolute atomic E-state index is 10.0. The average Bonchev–Trinajstić information content (AvgIpc) is 2.34. The fraction of sp³-hybridized carbons (Fsp3) is 0. The van der Waals surface area contributed by atoms with E-state index in [0.29, 0.717) is 0 Å². The average molecular weight is 156 g/mol. The minimum absolute atomic E-state index is 0.0206. The first-order chi connectivity index (χ1) is 4.74. The van der Waals surface area contributed by atoms with Crippen LogP contribution in [0.25, 0.3) is 4.98 Å². The number of hydrogen-bond acceptors (Lipinski definition) is 4. The minimum atomic E-state index is -0.528. The molecular formula is C4H2N3O2S+. The van der Waals surface area contributed by atoms with Crippen LogP contribution in [0.5, 0.6) is 0 Å². The van der Waals surface area contributed by atoms with Crippen LogP contribution in [0, 0.1) is 15.5 Å². The van der Waals surface area contributed by atoms with E-state index in [2.05, 4.69) is 4.98 Å². The molecular weight excluding hydrogens is 154 g/mol. The van der Waals surface area contributed by atoms with Gasteiger partial charge in [0, 0.05) is 17.4 Å². The van der Waals surface area contributed by atoms with Crippen molar-refractivity contribution in [1.29, 1.82) is 5.39 Å². The number of nitrogens with zero attached hydrogens (tertiary/aromatic N) is 3. The van der Waals surface area contributed by atoms with Gasteiger partial charge in [-0.05, 0) is 0 Å². The lowest BCUT2D eigenvalue weighted by molar-refractivity contribution is -0.380. The van der Waals surface area contributed by atoms with Gasteiger partial charge in [-0.15, -0.1) is 0 Å². The number of hydrogen-bond donors (Lipinski definition) is 0. The Labute approximate surface area is 59.7 Å². The van der Waals surface area contributed by atoms with Crippen LogP contribution in [0.1, 0.15) is 0 Å². The topological polar surface area (TPSA) is 71.3 Å². The van der Waals surface area contributed by atoms with E-state index in [1.54, 1.807) is 0 Å². The van der Waals surface area contributed by atoms with Crippen molar-refractivity contribution in [2.75, 3.05) is 0 Å². The van der Waals surface area contributed by atoms with Crippen molar-refractivity contribution >= 4 is 21.3 Å². The summed E-state index contributed by atoms with van der Waals surface area (Å²) in [6.07, 6.45) is 0. The molecule has 1 heterocycles. The summed E-state index contributed by atoms with van der Waals surface area (Å²) in [6.45, 7) is 0. The summed E-state index contributed by atoms with van der Waals surface area (Å²) < 4.78 is 0. The van der Waals surface area contributed by atoms with E-state index in [1.165, 1.54) is 12.1 Å². The molecule has 1 aromatic heterocycles. The molecule has 0 atom stereocenters. The second-order valence-electron chi connectivity index (χ2n) is 1.47. The van der Waals surface area contributed by atoms with Gasteiger partial charge >= 0.3 is 10.0 Å². The Kier molecular flexibility index (Phi) is 1.60. The molecule has 0 amide bonds. The highest BCUT2D eigenvalue weighted by Crippen LogP contribution is 2.30. The second-order valence-corrected chi connectivity index (χ2v) is 2.51. The van der Waals surface area contributed by atoms with Gasteiger partial charge in [0.05, 0.1) is 11.0 Å². The fourth-order valence-electron chi connectivity index (χ4n) is 0.470. The maximum Gasteiger partial charge on any atom is 0.446 e. The second kappa shape index (κ2) is 2.41. The zero-order valence-electron chi connectivity index (χ0n) is 4.72. The molecule has 1 rings (SSSR count). The summed E-state index contributed by atoms with van der Waals surface area (Å²) in [5, 5.41) is 18.4. The summed E-state index contributed by atoms with van der Waals surface area (Å²) >= 11 is 0.825. The van der Waals surface area contributed by atoms with E-state index >= 15 is 0 Å². The minimum Gasteiger partial charge on any atom is -0.258 e. The van der Waals surface area contributed by atoms with Crippen LogP contribution in [0.3, 0.4) is 0 Å². The molecule has 0 fully saturated rings. The van der Waals surface area contributed by atoms with Gasteiger partial charge in [-0.2, -0.15) is 0 Å². The van der Waals surface area contributed by atoms with Crippen molar-refractivity contribution in [3.05, 3.63) is 27.2 Å². The van der Waals surface area contributed by atoms with Crippen LogP contribution in [0.15, 0.2) is 12.1 Å². The molecule has 0 N–H and O–H groups in total. The van der Waals surface area contributed by atoms with E-state index in [1.807, 2.05) is 0 Å². The first kappa shape index (κ1) is 6.64. The number of thiophene rings is 1. The van der Waals surface area contributed by atoms with Gasteiger partial charge in [-0.3, -0.25) is 10.1 Å². The van der Waals surface area contributed by atoms with Crippen molar-refractivity contribution in [3.8, 4) is 0 Å². The van der Waals surface area contributed by atoms with Gasteiger partial charge < -0.3 is 0 Å². The molecule has 0 radical (unpaired) electrons. The number of rotatable bonds is 1. The molecule has 0 aromatic carbocycles. The molecule has 1 aromatic rings. The number of nitro groups is 1. The standard InChI is InChI=1S/C4H2N3O2S/c5-6-3-1-2-4(10-3)7(8)9/h1-2H/q+1. The lowest BCUT2D eigenvalue weighted by Crippen LogP contribution is -1.80. The van der Waals surface area contributed by atoms with Gasteiger partial charge in [0.1, 0.15) is 0 Å². The summed E-state index contributed by atoms with van der Waals surface area (Å²) in [5.41, 5.74) is 0. The lowest BCUT2D eigenvalue weighted by Gasteiger charge is -1.75. The van der Waals surface area contributed by atoms with Crippen molar-refractivity contribution in [2.24, 2.45) is 0 Å². The van der Waals surface area contributed by atoms with Gasteiger partial charge in [0.25, 0.3) is 0 Å². The normalized spacial score (nSPS) is 8.70. The zero-order valence-corrected chi connectivity index (χ0v) is 5.54. The molecule has 10 heavy (non-hydrogen) atoms. The van der Waals surface area contributed by atoms with Crippen LogP contribution >= 0.6 is 11.3 Å². The molecule has 0 aliphatic carbocycles. The Morgan fingerprint density at radius 1 is 1.70 bits per heavy atom. The Bertz CT molecular complexity index is 300. The quantitative estimate of drug-likeness (QED) is 0.355. The Hall–Kier alpha value is -1.48. The highest BCUT2D eigenvalue weighted by Gasteiger charge is 2.16. The van der Waals surface area contributed by atoms with Crippen molar-refractivity contribution < 1.29 is 4.92 Å². The largest absolute Gasteiger partial charge is 0.446 e. The summed E-state index contributed by atoms with van der Waals surface area (Å²) in [7, 11) is 0. The summed E-state index contributed by atoms with van der Waals surface area (Å²) in [5.74, 6) is 0. The molecule has 0 unspecified atom stereocenters. The molecule has 50 valence electrons. The van der Waals surface area contributed by atoms with Crippen LogP contribution < -0.4 is 0 Å². The Morgan fingerprint density at radius 3 is 2.70 bits per heavy atom. The summed E-state index contributed by atoms with van der Waals surface area (Å²) in [4.78, 5) is 12.3. The maximum atomic E-state index is 10.0. The highest BCUT2D eigenvalue weighted by molar-refractivity contribution is 7.19. The Balaban J connectivity index is 3.02.